The molecule has 5 atom stereocenters. The topological polar surface area (TPSA) is 101 Å². The molecule has 0 aliphatic heterocycles. The molecule has 0 aromatic rings. The standard InChI is InChI=1S/C7H14Br2O5/c8-1-4(11)6(13)7(14)5(12)3(9)2-10/h3-7,10-14H,1-2H2. The fourth-order valence-electron chi connectivity index (χ4n) is 0.843. The number of hydrogen-bond acceptors (Lipinski definition) is 5. The largest absolute Gasteiger partial charge is 0.395 e. The van der Waals surface area contributed by atoms with Gasteiger partial charge in [0.1, 0.15) is 12.2 Å². The van der Waals surface area contributed by atoms with Crippen molar-refractivity contribution in [1.29, 1.82) is 0 Å². The summed E-state index contributed by atoms with van der Waals surface area (Å²) in [4.78, 5) is -0.741. The molecule has 0 heterocycles. The first kappa shape index (κ1) is 14.8. The summed E-state index contributed by atoms with van der Waals surface area (Å²) >= 11 is 5.84. The summed E-state index contributed by atoms with van der Waals surface area (Å²) < 4.78 is 0. The number of rotatable bonds is 6. The van der Waals surface area contributed by atoms with E-state index in [-0.39, 0.29) is 11.9 Å². The minimum Gasteiger partial charge on any atom is -0.395 e. The average molecular weight is 338 g/mol. The summed E-state index contributed by atoms with van der Waals surface area (Å²) in [6.07, 6.45) is -5.49. The van der Waals surface area contributed by atoms with Gasteiger partial charge in [-0.3, -0.25) is 0 Å². The van der Waals surface area contributed by atoms with Crippen molar-refractivity contribution < 1.29 is 25.5 Å². The molecule has 0 aromatic carbocycles. The Morgan fingerprint density at radius 3 is 1.79 bits per heavy atom. The Hall–Kier alpha value is 0.760. The molecular weight excluding hydrogens is 324 g/mol. The van der Waals surface area contributed by atoms with Crippen LogP contribution in [0.4, 0.5) is 0 Å². The Kier molecular flexibility index (Phi) is 7.49. The molecular formula is C7H14Br2O5. The van der Waals surface area contributed by atoms with Crippen molar-refractivity contribution in [3.05, 3.63) is 0 Å². The van der Waals surface area contributed by atoms with E-state index in [9.17, 15) is 15.3 Å². The molecule has 0 fully saturated rings. The van der Waals surface area contributed by atoms with Crippen LogP contribution in [0.3, 0.4) is 0 Å². The van der Waals surface area contributed by atoms with E-state index in [0.717, 1.165) is 0 Å². The molecule has 5 nitrogen and oxygen atoms in total. The quantitative estimate of drug-likeness (QED) is 0.383. The molecule has 0 saturated carbocycles. The van der Waals surface area contributed by atoms with Gasteiger partial charge in [-0.05, 0) is 0 Å². The number of alkyl halides is 2. The number of hydrogen-bond donors (Lipinski definition) is 5. The Morgan fingerprint density at radius 2 is 1.43 bits per heavy atom. The summed E-state index contributed by atoms with van der Waals surface area (Å²) in [5, 5.41) is 45.9. The Bertz CT molecular complexity index is 143. The van der Waals surface area contributed by atoms with E-state index >= 15 is 0 Å². The molecule has 0 aliphatic rings. The Labute approximate surface area is 98.6 Å². The van der Waals surface area contributed by atoms with Crippen LogP contribution in [0.5, 0.6) is 0 Å². The van der Waals surface area contributed by atoms with Gasteiger partial charge < -0.3 is 25.5 Å². The van der Waals surface area contributed by atoms with Crippen LogP contribution in [0, 0.1) is 0 Å². The van der Waals surface area contributed by atoms with E-state index < -0.39 is 29.2 Å². The van der Waals surface area contributed by atoms with Crippen LogP contribution >= 0.6 is 31.9 Å². The smallest absolute Gasteiger partial charge is 0.109 e. The Balaban J connectivity index is 4.22. The van der Waals surface area contributed by atoms with Gasteiger partial charge in [0.05, 0.1) is 23.6 Å². The van der Waals surface area contributed by atoms with Gasteiger partial charge in [0, 0.05) is 5.33 Å². The molecule has 0 aliphatic carbocycles. The van der Waals surface area contributed by atoms with E-state index in [2.05, 4.69) is 31.9 Å². The van der Waals surface area contributed by atoms with Gasteiger partial charge >= 0.3 is 0 Å². The van der Waals surface area contributed by atoms with Crippen LogP contribution in [0.1, 0.15) is 0 Å². The van der Waals surface area contributed by atoms with Crippen LogP contribution in [0.15, 0.2) is 0 Å². The first-order valence-corrected chi connectivity index (χ1v) is 6.02. The molecule has 0 rings (SSSR count). The van der Waals surface area contributed by atoms with Crippen LogP contribution in [-0.2, 0) is 0 Å². The second-order valence-electron chi connectivity index (χ2n) is 2.89. The van der Waals surface area contributed by atoms with Gasteiger partial charge in [0.15, 0.2) is 0 Å². The number of aliphatic hydroxyl groups is 5. The fraction of sp³-hybridized carbons (Fsp3) is 1.00. The lowest BCUT2D eigenvalue weighted by atomic mass is 10.0. The zero-order valence-electron chi connectivity index (χ0n) is 7.29. The van der Waals surface area contributed by atoms with Crippen molar-refractivity contribution in [2.45, 2.75) is 29.2 Å². The molecule has 0 aromatic heterocycles. The summed E-state index contributed by atoms with van der Waals surface area (Å²) in [5.74, 6) is 0. The lowest BCUT2D eigenvalue weighted by Crippen LogP contribution is -2.48. The van der Waals surface area contributed by atoms with Gasteiger partial charge in [0.2, 0.25) is 0 Å². The third kappa shape index (κ3) is 4.09. The maximum absolute atomic E-state index is 9.37. The van der Waals surface area contributed by atoms with Gasteiger partial charge in [0.25, 0.3) is 0 Å². The summed E-state index contributed by atoms with van der Waals surface area (Å²) in [6, 6.07) is 0. The molecule has 0 spiro atoms. The summed E-state index contributed by atoms with van der Waals surface area (Å²) in [5.41, 5.74) is 0. The summed E-state index contributed by atoms with van der Waals surface area (Å²) in [6.45, 7) is -0.380. The fourth-order valence-corrected chi connectivity index (χ4v) is 1.54. The average Bonchev–Trinajstić information content (AvgIpc) is 2.23. The summed E-state index contributed by atoms with van der Waals surface area (Å²) in [7, 11) is 0. The van der Waals surface area contributed by atoms with Crippen LogP contribution in [0.25, 0.3) is 0 Å². The number of halogens is 2. The highest BCUT2D eigenvalue weighted by molar-refractivity contribution is 9.09. The molecule has 5 N–H and O–H groups in total. The van der Waals surface area contributed by atoms with Crippen molar-refractivity contribution in [2.24, 2.45) is 0 Å². The molecule has 7 heteroatoms. The molecule has 5 unspecified atom stereocenters. The van der Waals surface area contributed by atoms with Crippen molar-refractivity contribution in [1.82, 2.24) is 0 Å². The van der Waals surface area contributed by atoms with Gasteiger partial charge in [-0.15, -0.1) is 0 Å². The maximum atomic E-state index is 9.37. The lowest BCUT2D eigenvalue weighted by molar-refractivity contribution is -0.0998. The first-order valence-electron chi connectivity index (χ1n) is 3.98. The second kappa shape index (κ2) is 7.10. The number of aliphatic hydroxyl groups excluding tert-OH is 5. The minimum atomic E-state index is -1.51. The van der Waals surface area contributed by atoms with E-state index in [1.807, 2.05) is 0 Å². The lowest BCUT2D eigenvalue weighted by Gasteiger charge is -2.27. The third-order valence-electron chi connectivity index (χ3n) is 1.80. The maximum Gasteiger partial charge on any atom is 0.109 e. The van der Waals surface area contributed by atoms with E-state index in [4.69, 9.17) is 10.2 Å². The molecule has 0 saturated heterocycles. The minimum absolute atomic E-state index is 0.0873. The normalized spacial score (nSPS) is 22.5. The highest BCUT2D eigenvalue weighted by Crippen LogP contribution is 2.14. The molecule has 0 amide bonds. The van der Waals surface area contributed by atoms with Crippen LogP contribution < -0.4 is 0 Å². The van der Waals surface area contributed by atoms with Crippen LogP contribution in [0.2, 0.25) is 0 Å². The predicted octanol–water partition coefficient (Wildman–Crippen LogP) is -1.42. The van der Waals surface area contributed by atoms with Crippen molar-refractivity contribution in [2.75, 3.05) is 11.9 Å². The molecule has 14 heavy (non-hydrogen) atoms. The molecule has 86 valence electrons. The molecule has 0 bridgehead atoms. The van der Waals surface area contributed by atoms with Gasteiger partial charge in [-0.1, -0.05) is 31.9 Å². The SMILES string of the molecule is OCC(Br)C(O)C(O)C(O)C(O)CBr. The monoisotopic (exact) mass is 336 g/mol. The van der Waals surface area contributed by atoms with Crippen molar-refractivity contribution >= 4 is 31.9 Å². The Morgan fingerprint density at radius 1 is 0.929 bits per heavy atom. The van der Waals surface area contributed by atoms with Gasteiger partial charge in [-0.2, -0.15) is 0 Å². The van der Waals surface area contributed by atoms with Crippen molar-refractivity contribution in [3.63, 3.8) is 0 Å². The predicted molar refractivity (Wildman–Crippen MR) is 57.6 cm³/mol. The zero-order chi connectivity index (χ0) is 11.3. The van der Waals surface area contributed by atoms with Crippen molar-refractivity contribution in [3.8, 4) is 0 Å². The first-order chi connectivity index (χ1) is 6.45. The molecule has 0 radical (unpaired) electrons. The highest BCUT2D eigenvalue weighted by atomic mass is 79.9. The highest BCUT2D eigenvalue weighted by Gasteiger charge is 2.33. The van der Waals surface area contributed by atoms with E-state index in [1.165, 1.54) is 0 Å². The third-order valence-corrected chi connectivity index (χ3v) is 3.29. The van der Waals surface area contributed by atoms with Gasteiger partial charge in [-0.25, -0.2) is 0 Å². The second-order valence-corrected chi connectivity index (χ2v) is 4.72. The zero-order valence-corrected chi connectivity index (χ0v) is 10.5. The van der Waals surface area contributed by atoms with Crippen LogP contribution in [-0.4, -0.2) is 66.7 Å². The van der Waals surface area contributed by atoms with E-state index in [1.54, 1.807) is 0 Å². The van der Waals surface area contributed by atoms with E-state index in [0.29, 0.717) is 0 Å².